The molecule has 123 valence electrons. The number of aliphatic hydroxyl groups is 1. The smallest absolute Gasteiger partial charge is 0.182 e. The predicted octanol–water partition coefficient (Wildman–Crippen LogP) is 3.69. The van der Waals surface area contributed by atoms with E-state index in [0.717, 1.165) is 17.6 Å². The average Bonchev–Trinajstić information content (AvgIpc) is 3.11. The third kappa shape index (κ3) is 5.30. The highest BCUT2D eigenvalue weighted by Crippen LogP contribution is 2.28. The number of aliphatic hydroxyl groups excluding tert-OH is 1. The lowest BCUT2D eigenvalue weighted by atomic mass is 10.1. The molecule has 1 fully saturated rings. The Morgan fingerprint density at radius 1 is 1.00 bits per heavy atom. The Kier molecular flexibility index (Phi) is 6.67. The van der Waals surface area contributed by atoms with Crippen molar-refractivity contribution >= 4 is 11.9 Å². The Hall–Kier alpha value is -2.49. The van der Waals surface area contributed by atoms with E-state index in [9.17, 15) is 9.90 Å². The minimum Gasteiger partial charge on any atom is -0.508 e. The quantitative estimate of drug-likeness (QED) is 0.472. The zero-order valence-corrected chi connectivity index (χ0v) is 13.6. The second kappa shape index (κ2) is 8.96. The minimum absolute atomic E-state index is 0.123. The summed E-state index contributed by atoms with van der Waals surface area (Å²) in [6, 6.07) is 5.37. The molecule has 4 heteroatoms. The summed E-state index contributed by atoms with van der Waals surface area (Å²) in [5.74, 6) is 1.75. The summed E-state index contributed by atoms with van der Waals surface area (Å²) in [4.78, 5) is 11.8. The van der Waals surface area contributed by atoms with E-state index in [4.69, 9.17) is 9.47 Å². The van der Waals surface area contributed by atoms with Crippen molar-refractivity contribution in [2.24, 2.45) is 0 Å². The predicted molar refractivity (Wildman–Crippen MR) is 93.9 cm³/mol. The van der Waals surface area contributed by atoms with Crippen LogP contribution in [0.2, 0.25) is 0 Å². The molecular formula is C20H19O4. The van der Waals surface area contributed by atoms with Crippen LogP contribution in [0.3, 0.4) is 0 Å². The van der Waals surface area contributed by atoms with Gasteiger partial charge in [-0.3, -0.25) is 4.79 Å². The lowest BCUT2D eigenvalue weighted by molar-refractivity contribution is -0.110. The van der Waals surface area contributed by atoms with Crippen LogP contribution >= 0.6 is 0 Å². The van der Waals surface area contributed by atoms with E-state index in [-0.39, 0.29) is 11.5 Å². The number of ether oxygens (including phenoxy) is 2. The molecule has 1 aliphatic rings. The Morgan fingerprint density at radius 3 is 2.38 bits per heavy atom. The summed E-state index contributed by atoms with van der Waals surface area (Å²) >= 11 is 0. The molecule has 1 aliphatic carbocycles. The van der Waals surface area contributed by atoms with Crippen molar-refractivity contribution in [3.63, 3.8) is 0 Å². The fraction of sp³-hybridized carbons (Fsp3) is 0.100. The van der Waals surface area contributed by atoms with Crippen LogP contribution < -0.4 is 9.47 Å². The van der Waals surface area contributed by atoms with Crippen LogP contribution in [-0.4, -0.2) is 25.1 Å². The van der Waals surface area contributed by atoms with Crippen LogP contribution in [0, 0.1) is 31.6 Å². The van der Waals surface area contributed by atoms with Gasteiger partial charge in [0.05, 0.1) is 14.2 Å². The monoisotopic (exact) mass is 323 g/mol. The van der Waals surface area contributed by atoms with E-state index >= 15 is 0 Å². The maximum atomic E-state index is 11.8. The Bertz CT molecular complexity index is 650. The first-order chi connectivity index (χ1) is 11.6. The zero-order chi connectivity index (χ0) is 17.4. The lowest BCUT2D eigenvalue weighted by Crippen LogP contribution is -1.92. The van der Waals surface area contributed by atoms with Gasteiger partial charge in [0.15, 0.2) is 17.3 Å². The number of ketones is 1. The molecule has 4 nitrogen and oxygen atoms in total. The van der Waals surface area contributed by atoms with E-state index in [2.05, 4.69) is 0 Å². The zero-order valence-electron chi connectivity index (χ0n) is 13.6. The molecule has 0 aromatic heterocycles. The lowest BCUT2D eigenvalue weighted by Gasteiger charge is -2.07. The summed E-state index contributed by atoms with van der Waals surface area (Å²) in [6.45, 7) is 0. The fourth-order valence-corrected chi connectivity index (χ4v) is 2.06. The molecule has 0 spiro atoms. The van der Waals surface area contributed by atoms with Crippen LogP contribution in [0.4, 0.5) is 0 Å². The molecule has 0 bridgehead atoms. The summed E-state index contributed by atoms with van der Waals surface area (Å²) in [5, 5.41) is 9.83. The molecule has 0 heterocycles. The van der Waals surface area contributed by atoms with Gasteiger partial charge in [-0.2, -0.15) is 0 Å². The molecule has 0 aliphatic heterocycles. The maximum Gasteiger partial charge on any atom is 0.182 e. The SMILES string of the molecule is COc1ccc(/C=C/C(O)=C/C(=O)/C=C/[C]2[CH][CH][CH][CH]2)cc1OC. The van der Waals surface area contributed by atoms with Gasteiger partial charge in [0.2, 0.25) is 0 Å². The molecule has 0 saturated heterocycles. The van der Waals surface area contributed by atoms with Gasteiger partial charge in [0.1, 0.15) is 5.76 Å². The molecule has 0 unspecified atom stereocenters. The summed E-state index contributed by atoms with van der Waals surface area (Å²) < 4.78 is 10.4. The van der Waals surface area contributed by atoms with Crippen molar-refractivity contribution in [3.05, 3.63) is 85.4 Å². The maximum absolute atomic E-state index is 11.8. The van der Waals surface area contributed by atoms with Gasteiger partial charge in [-0.15, -0.1) is 0 Å². The second-order valence-corrected chi connectivity index (χ2v) is 4.97. The number of rotatable bonds is 7. The Balaban J connectivity index is 1.98. The average molecular weight is 323 g/mol. The van der Waals surface area contributed by atoms with E-state index in [1.807, 2.05) is 31.7 Å². The van der Waals surface area contributed by atoms with Crippen LogP contribution in [0.15, 0.2) is 48.3 Å². The van der Waals surface area contributed by atoms with Crippen LogP contribution in [0.1, 0.15) is 5.56 Å². The highest BCUT2D eigenvalue weighted by molar-refractivity contribution is 6.00. The largest absolute Gasteiger partial charge is 0.508 e. The molecular weight excluding hydrogens is 304 g/mol. The normalized spacial score (nSPS) is 16.2. The molecule has 1 aromatic carbocycles. The van der Waals surface area contributed by atoms with Gasteiger partial charge in [-0.1, -0.05) is 18.2 Å². The molecule has 5 radical (unpaired) electrons. The van der Waals surface area contributed by atoms with Gasteiger partial charge >= 0.3 is 0 Å². The minimum atomic E-state index is -0.286. The number of methoxy groups -OCH3 is 2. The van der Waals surface area contributed by atoms with Crippen LogP contribution in [0.25, 0.3) is 6.08 Å². The van der Waals surface area contributed by atoms with Crippen molar-refractivity contribution in [3.8, 4) is 11.5 Å². The highest BCUT2D eigenvalue weighted by atomic mass is 16.5. The molecule has 24 heavy (non-hydrogen) atoms. The van der Waals surface area contributed by atoms with Crippen molar-refractivity contribution < 1.29 is 19.4 Å². The Morgan fingerprint density at radius 2 is 1.71 bits per heavy atom. The first-order valence-electron chi connectivity index (χ1n) is 7.37. The third-order valence-electron chi connectivity index (χ3n) is 3.27. The number of allylic oxidation sites excluding steroid dienone is 4. The first-order valence-corrected chi connectivity index (χ1v) is 7.37. The van der Waals surface area contributed by atoms with Gasteiger partial charge < -0.3 is 14.6 Å². The topological polar surface area (TPSA) is 55.8 Å². The van der Waals surface area contributed by atoms with Crippen molar-refractivity contribution in [2.45, 2.75) is 0 Å². The van der Waals surface area contributed by atoms with Crippen molar-refractivity contribution in [1.82, 2.24) is 0 Å². The summed E-state index contributed by atoms with van der Waals surface area (Å²) in [7, 11) is 3.12. The number of carbonyl (C=O) groups excluding carboxylic acids is 1. The molecule has 2 rings (SSSR count). The van der Waals surface area contributed by atoms with Crippen LogP contribution in [-0.2, 0) is 4.79 Å². The van der Waals surface area contributed by atoms with E-state index in [1.165, 1.54) is 12.2 Å². The molecule has 0 atom stereocenters. The first kappa shape index (κ1) is 17.9. The molecule has 1 N–H and O–H groups in total. The van der Waals surface area contributed by atoms with Crippen LogP contribution in [0.5, 0.6) is 11.5 Å². The van der Waals surface area contributed by atoms with Gasteiger partial charge in [0.25, 0.3) is 0 Å². The number of hydrogen-bond acceptors (Lipinski definition) is 4. The van der Waals surface area contributed by atoms with E-state index < -0.39 is 0 Å². The van der Waals surface area contributed by atoms with E-state index in [1.54, 1.807) is 38.5 Å². The molecule has 1 aromatic rings. The fourth-order valence-electron chi connectivity index (χ4n) is 2.06. The Labute approximate surface area is 143 Å². The van der Waals surface area contributed by atoms with Gasteiger partial charge in [-0.25, -0.2) is 0 Å². The molecule has 0 amide bonds. The second-order valence-electron chi connectivity index (χ2n) is 4.97. The highest BCUT2D eigenvalue weighted by Gasteiger charge is 2.13. The van der Waals surface area contributed by atoms with E-state index in [0.29, 0.717) is 11.5 Å². The number of benzene rings is 1. The van der Waals surface area contributed by atoms with Crippen molar-refractivity contribution in [2.75, 3.05) is 14.2 Å². The van der Waals surface area contributed by atoms with Gasteiger partial charge in [-0.05, 0) is 55.5 Å². The summed E-state index contributed by atoms with van der Waals surface area (Å²) in [6.07, 6.45) is 15.0. The summed E-state index contributed by atoms with van der Waals surface area (Å²) in [5.41, 5.74) is 0.812. The standard InChI is InChI=1S/C20H19O4/c1-23-19-12-9-16(13-20(19)24-2)8-11-18(22)14-17(21)10-7-15-5-3-4-6-15/h3-14,22H,1-2H3/b10-7+,11-8+,18-14-. The van der Waals surface area contributed by atoms with Gasteiger partial charge in [0, 0.05) is 12.0 Å². The third-order valence-corrected chi connectivity index (χ3v) is 3.27. The van der Waals surface area contributed by atoms with Crippen molar-refractivity contribution in [1.29, 1.82) is 0 Å². The number of hydrogen-bond donors (Lipinski definition) is 1. The number of carbonyl (C=O) groups is 1. The molecule has 1 saturated carbocycles.